The average molecular weight is 309 g/mol. The molecule has 0 fully saturated rings. The maximum absolute atomic E-state index is 12.0. The Morgan fingerprint density at radius 1 is 1.40 bits per heavy atom. The highest BCUT2D eigenvalue weighted by Gasteiger charge is 2.26. The molecule has 0 saturated heterocycles. The fraction of sp³-hybridized carbons (Fsp3) is 0.750. The molecule has 0 spiro atoms. The van der Waals surface area contributed by atoms with Crippen molar-refractivity contribution in [3.05, 3.63) is 0 Å². The Hall–Kier alpha value is -1.28. The van der Waals surface area contributed by atoms with Crippen LogP contribution in [0.2, 0.25) is 0 Å². The van der Waals surface area contributed by atoms with E-state index in [1.165, 1.54) is 0 Å². The maximum atomic E-state index is 12.0. The van der Waals surface area contributed by atoms with E-state index in [4.69, 9.17) is 14.6 Å². The molecule has 2 amide bonds. The van der Waals surface area contributed by atoms with Crippen molar-refractivity contribution in [2.24, 2.45) is 5.73 Å². The van der Waals surface area contributed by atoms with Crippen LogP contribution >= 0.6 is 11.8 Å². The van der Waals surface area contributed by atoms with E-state index in [2.05, 4.69) is 5.32 Å². The third kappa shape index (κ3) is 8.76. The van der Waals surface area contributed by atoms with Gasteiger partial charge in [-0.15, -0.1) is 0 Å². The van der Waals surface area contributed by atoms with Gasteiger partial charge in [0.1, 0.15) is 17.7 Å². The molecule has 2 atom stereocenters. The quantitative estimate of drug-likeness (QED) is 0.541. The van der Waals surface area contributed by atoms with Gasteiger partial charge in [0, 0.05) is 22.5 Å². The fourth-order valence-electron chi connectivity index (χ4n) is 1.08. The van der Waals surface area contributed by atoms with Gasteiger partial charge in [0.25, 0.3) is 0 Å². The number of ether oxygens (including phenoxy) is 1. The monoisotopic (exact) mass is 309 g/mol. The van der Waals surface area contributed by atoms with Gasteiger partial charge in [-0.3, -0.25) is 9.59 Å². The van der Waals surface area contributed by atoms with Crippen LogP contribution in [0.1, 0.15) is 31.7 Å². The van der Waals surface area contributed by atoms with E-state index < -0.39 is 42.4 Å². The van der Waals surface area contributed by atoms with Crippen molar-refractivity contribution in [2.45, 2.75) is 45.4 Å². The molecule has 0 radical (unpaired) electrons. The zero-order valence-electron chi connectivity index (χ0n) is 14.6. The molecule has 7 nitrogen and oxygen atoms in total. The Bertz CT molecular complexity index is 451. The lowest BCUT2D eigenvalue weighted by molar-refractivity contribution is -0.157. The zero-order valence-corrected chi connectivity index (χ0v) is 12.5. The van der Waals surface area contributed by atoms with E-state index in [9.17, 15) is 19.5 Å². The standard InChI is InChI=1S/C12H22N2O5S/c1-7(15)14-8(11(18)19-12(2,3)4)5-20-6-9(16)10(13)17/h8-9,16H,5-6H2,1-4H3,(H2,13,17)(H,14,15)/t8-,9?/m0/s1/i1D3. The van der Waals surface area contributed by atoms with Crippen molar-refractivity contribution in [1.29, 1.82) is 0 Å². The molecular formula is C12H22N2O5S. The molecule has 4 N–H and O–H groups in total. The smallest absolute Gasteiger partial charge is 0.330 e. The van der Waals surface area contributed by atoms with E-state index in [0.717, 1.165) is 11.8 Å². The number of amides is 2. The third-order valence-corrected chi connectivity index (χ3v) is 3.01. The third-order valence-electron chi connectivity index (χ3n) is 1.89. The molecule has 0 heterocycles. The number of nitrogens with one attached hydrogen (secondary N) is 1. The summed E-state index contributed by atoms with van der Waals surface area (Å²) in [5.41, 5.74) is 4.07. The topological polar surface area (TPSA) is 119 Å². The maximum Gasteiger partial charge on any atom is 0.330 e. The molecule has 0 aromatic rings. The second-order valence-electron chi connectivity index (χ2n) is 5.02. The van der Waals surface area contributed by atoms with Crippen molar-refractivity contribution in [3.8, 4) is 0 Å². The number of hydrogen-bond acceptors (Lipinski definition) is 6. The minimum atomic E-state index is -2.91. The molecule has 0 aliphatic rings. The highest BCUT2D eigenvalue weighted by atomic mass is 32.2. The van der Waals surface area contributed by atoms with Crippen molar-refractivity contribution < 1.29 is 28.3 Å². The van der Waals surface area contributed by atoms with E-state index in [1.807, 2.05) is 0 Å². The van der Waals surface area contributed by atoms with Gasteiger partial charge in [-0.05, 0) is 20.8 Å². The summed E-state index contributed by atoms with van der Waals surface area (Å²) in [6.45, 7) is 1.96. The highest BCUT2D eigenvalue weighted by molar-refractivity contribution is 7.99. The summed E-state index contributed by atoms with van der Waals surface area (Å²) in [7, 11) is 0. The van der Waals surface area contributed by atoms with Crippen LogP contribution < -0.4 is 11.1 Å². The number of aliphatic hydroxyl groups is 1. The molecule has 0 aliphatic heterocycles. The lowest BCUT2D eigenvalue weighted by atomic mass is 10.2. The Morgan fingerprint density at radius 2 is 2.00 bits per heavy atom. The molecule has 20 heavy (non-hydrogen) atoms. The molecule has 0 aromatic carbocycles. The molecule has 0 rings (SSSR count). The van der Waals surface area contributed by atoms with Gasteiger partial charge in [0.05, 0.1) is 0 Å². The van der Waals surface area contributed by atoms with Gasteiger partial charge in [-0.25, -0.2) is 4.79 Å². The van der Waals surface area contributed by atoms with E-state index >= 15 is 0 Å². The molecule has 8 heteroatoms. The summed E-state index contributed by atoms with van der Waals surface area (Å²) in [5, 5.41) is 11.4. The largest absolute Gasteiger partial charge is 0.458 e. The van der Waals surface area contributed by atoms with Crippen LogP contribution in [0.4, 0.5) is 0 Å². The zero-order chi connectivity index (χ0) is 18.4. The number of thioether (sulfide) groups is 1. The van der Waals surface area contributed by atoms with Crippen molar-refractivity contribution in [1.82, 2.24) is 5.32 Å². The second kappa shape index (κ2) is 8.11. The number of carbonyl (C=O) groups is 3. The molecule has 0 saturated carbocycles. The summed E-state index contributed by atoms with van der Waals surface area (Å²) in [6.07, 6.45) is -1.40. The summed E-state index contributed by atoms with van der Waals surface area (Å²) in [5.74, 6) is -3.20. The summed E-state index contributed by atoms with van der Waals surface area (Å²) in [4.78, 5) is 34.3. The van der Waals surface area contributed by atoms with Crippen molar-refractivity contribution >= 4 is 29.5 Å². The number of rotatable bonds is 7. The number of primary amides is 1. The summed E-state index contributed by atoms with van der Waals surface area (Å²) in [6, 6.07) is -1.23. The lowest BCUT2D eigenvalue weighted by Gasteiger charge is -2.24. The first-order valence-electron chi connectivity index (χ1n) is 7.33. The van der Waals surface area contributed by atoms with Crippen LogP contribution in [0, 0.1) is 0 Å². The Labute approximate surface area is 126 Å². The lowest BCUT2D eigenvalue weighted by Crippen LogP contribution is -2.45. The Morgan fingerprint density at radius 3 is 2.45 bits per heavy atom. The first kappa shape index (κ1) is 13.7. The van der Waals surface area contributed by atoms with Crippen LogP contribution in [0.15, 0.2) is 0 Å². The van der Waals surface area contributed by atoms with Crippen molar-refractivity contribution in [3.63, 3.8) is 0 Å². The van der Waals surface area contributed by atoms with Gasteiger partial charge in [-0.1, -0.05) is 0 Å². The average Bonchev–Trinajstić information content (AvgIpc) is 2.33. The molecule has 0 bridgehead atoms. The van der Waals surface area contributed by atoms with Gasteiger partial charge >= 0.3 is 5.97 Å². The molecular weight excluding hydrogens is 284 g/mol. The molecule has 1 unspecified atom stereocenters. The predicted molar refractivity (Wildman–Crippen MR) is 76.0 cm³/mol. The Balaban J connectivity index is 4.83. The number of carbonyl (C=O) groups excluding carboxylic acids is 3. The van der Waals surface area contributed by atoms with E-state index in [-0.39, 0.29) is 11.5 Å². The first-order chi connectivity index (χ1) is 10.2. The van der Waals surface area contributed by atoms with Gasteiger partial charge in [-0.2, -0.15) is 11.8 Å². The minimum absolute atomic E-state index is 0.0823. The normalized spacial score (nSPS) is 17.1. The first-order valence-corrected chi connectivity index (χ1v) is 6.98. The van der Waals surface area contributed by atoms with Crippen LogP contribution in [0.25, 0.3) is 0 Å². The van der Waals surface area contributed by atoms with Gasteiger partial charge < -0.3 is 20.9 Å². The number of hydrogen-bond donors (Lipinski definition) is 3. The minimum Gasteiger partial charge on any atom is -0.458 e. The molecule has 116 valence electrons. The fourth-order valence-corrected chi connectivity index (χ4v) is 2.06. The van der Waals surface area contributed by atoms with Crippen LogP contribution in [0.5, 0.6) is 0 Å². The summed E-state index contributed by atoms with van der Waals surface area (Å²) < 4.78 is 26.2. The van der Waals surface area contributed by atoms with Crippen LogP contribution in [-0.4, -0.2) is 52.1 Å². The Kier molecular flexibility index (Phi) is 5.55. The van der Waals surface area contributed by atoms with E-state index in [0.29, 0.717) is 0 Å². The number of esters is 1. The van der Waals surface area contributed by atoms with E-state index in [1.54, 1.807) is 20.8 Å². The highest BCUT2D eigenvalue weighted by Crippen LogP contribution is 2.12. The van der Waals surface area contributed by atoms with Gasteiger partial charge in [0.2, 0.25) is 11.8 Å². The van der Waals surface area contributed by atoms with Crippen LogP contribution in [0.3, 0.4) is 0 Å². The van der Waals surface area contributed by atoms with Crippen molar-refractivity contribution in [2.75, 3.05) is 11.5 Å². The predicted octanol–water partition coefficient (Wildman–Crippen LogP) is -0.588. The SMILES string of the molecule is [2H]C([2H])([2H])C(=O)N[C@@H](CSCC(O)C(N)=O)C(=O)OC(C)(C)C. The molecule has 0 aromatic heterocycles. The molecule has 0 aliphatic carbocycles. The van der Waals surface area contributed by atoms with Crippen LogP contribution in [-0.2, 0) is 19.1 Å². The number of aliphatic hydroxyl groups excluding tert-OH is 1. The number of nitrogens with two attached hydrogens (primary N) is 1. The second-order valence-corrected chi connectivity index (χ2v) is 6.09. The summed E-state index contributed by atoms with van der Waals surface area (Å²) >= 11 is 0.955. The van der Waals surface area contributed by atoms with Gasteiger partial charge in [0.15, 0.2) is 0 Å².